The Morgan fingerprint density at radius 2 is 1.94 bits per heavy atom. The first kappa shape index (κ1) is 11.8. The zero-order valence-corrected chi connectivity index (χ0v) is 11.1. The number of hydrogen-bond acceptors (Lipinski definition) is 2. The van der Waals surface area contributed by atoms with Gasteiger partial charge in [-0.3, -0.25) is 9.48 Å². The lowest BCUT2D eigenvalue weighted by molar-refractivity contribution is -0.136. The van der Waals surface area contributed by atoms with Crippen LogP contribution in [0.3, 0.4) is 0 Å². The van der Waals surface area contributed by atoms with Crippen molar-refractivity contribution in [3.05, 3.63) is 18.5 Å². The Kier molecular flexibility index (Phi) is 2.88. The quantitative estimate of drug-likeness (QED) is 0.799. The lowest BCUT2D eigenvalue weighted by Gasteiger charge is -2.30. The van der Waals surface area contributed by atoms with E-state index in [0.29, 0.717) is 6.04 Å². The fourth-order valence-corrected chi connectivity index (χ4v) is 2.96. The molecular formula is C14H21N3O. The SMILES string of the molecule is CC(C(=O)N(C)C(C1CC1)C1CC1)n1cccn1. The van der Waals surface area contributed by atoms with Gasteiger partial charge < -0.3 is 4.90 Å². The van der Waals surface area contributed by atoms with E-state index in [4.69, 9.17) is 0 Å². The van der Waals surface area contributed by atoms with Crippen molar-refractivity contribution in [2.45, 2.75) is 44.7 Å². The molecule has 0 aromatic carbocycles. The van der Waals surface area contributed by atoms with Crippen molar-refractivity contribution in [3.8, 4) is 0 Å². The Hall–Kier alpha value is -1.32. The second-order valence-corrected chi connectivity index (χ2v) is 5.78. The summed E-state index contributed by atoms with van der Waals surface area (Å²) < 4.78 is 1.75. The topological polar surface area (TPSA) is 38.1 Å². The molecule has 2 aliphatic carbocycles. The van der Waals surface area contributed by atoms with Crippen LogP contribution in [0.2, 0.25) is 0 Å². The van der Waals surface area contributed by atoms with Gasteiger partial charge in [-0.15, -0.1) is 0 Å². The smallest absolute Gasteiger partial charge is 0.247 e. The van der Waals surface area contributed by atoms with Gasteiger partial charge in [0.05, 0.1) is 0 Å². The van der Waals surface area contributed by atoms with Crippen LogP contribution in [0.15, 0.2) is 18.5 Å². The van der Waals surface area contributed by atoms with E-state index in [2.05, 4.69) is 5.10 Å². The first-order valence-corrected chi connectivity index (χ1v) is 6.94. The van der Waals surface area contributed by atoms with E-state index in [1.165, 1.54) is 25.7 Å². The van der Waals surface area contributed by atoms with Crippen molar-refractivity contribution in [1.82, 2.24) is 14.7 Å². The molecule has 1 heterocycles. The molecule has 4 heteroatoms. The molecular weight excluding hydrogens is 226 g/mol. The third kappa shape index (κ3) is 2.16. The average molecular weight is 247 g/mol. The molecule has 0 bridgehead atoms. The van der Waals surface area contributed by atoms with Crippen LogP contribution in [0, 0.1) is 11.8 Å². The molecule has 3 rings (SSSR count). The van der Waals surface area contributed by atoms with Crippen LogP contribution in [-0.2, 0) is 4.79 Å². The Balaban J connectivity index is 1.70. The maximum atomic E-state index is 12.5. The van der Waals surface area contributed by atoms with Crippen LogP contribution >= 0.6 is 0 Å². The number of carbonyl (C=O) groups excluding carboxylic acids is 1. The zero-order chi connectivity index (χ0) is 12.7. The van der Waals surface area contributed by atoms with Crippen molar-refractivity contribution in [3.63, 3.8) is 0 Å². The van der Waals surface area contributed by atoms with Crippen LogP contribution in [0.1, 0.15) is 38.6 Å². The van der Waals surface area contributed by atoms with E-state index < -0.39 is 0 Å². The minimum absolute atomic E-state index is 0.190. The van der Waals surface area contributed by atoms with Gasteiger partial charge in [-0.25, -0.2) is 0 Å². The highest BCUT2D eigenvalue weighted by Crippen LogP contribution is 2.47. The number of aromatic nitrogens is 2. The van der Waals surface area contributed by atoms with Crippen molar-refractivity contribution >= 4 is 5.91 Å². The van der Waals surface area contributed by atoms with Gasteiger partial charge in [0.2, 0.25) is 5.91 Å². The van der Waals surface area contributed by atoms with Crippen LogP contribution in [-0.4, -0.2) is 33.7 Å². The molecule has 1 atom stereocenters. The monoisotopic (exact) mass is 247 g/mol. The van der Waals surface area contributed by atoms with Crippen LogP contribution in [0.4, 0.5) is 0 Å². The number of carbonyl (C=O) groups is 1. The molecule has 4 nitrogen and oxygen atoms in total. The van der Waals surface area contributed by atoms with E-state index in [0.717, 1.165) is 11.8 Å². The van der Waals surface area contributed by atoms with E-state index >= 15 is 0 Å². The second-order valence-electron chi connectivity index (χ2n) is 5.78. The molecule has 18 heavy (non-hydrogen) atoms. The maximum Gasteiger partial charge on any atom is 0.247 e. The van der Waals surface area contributed by atoms with Crippen molar-refractivity contribution in [2.75, 3.05) is 7.05 Å². The average Bonchev–Trinajstić information content (AvgIpc) is 3.30. The number of amides is 1. The van der Waals surface area contributed by atoms with E-state index in [1.54, 1.807) is 10.9 Å². The summed E-state index contributed by atoms with van der Waals surface area (Å²) in [4.78, 5) is 14.5. The van der Waals surface area contributed by atoms with Gasteiger partial charge in [-0.05, 0) is 50.5 Å². The normalized spacial score (nSPS) is 21.1. The minimum Gasteiger partial charge on any atom is -0.340 e. The first-order valence-electron chi connectivity index (χ1n) is 6.94. The van der Waals surface area contributed by atoms with Gasteiger partial charge in [0.25, 0.3) is 0 Å². The molecule has 0 aliphatic heterocycles. The van der Waals surface area contributed by atoms with Crippen molar-refractivity contribution in [1.29, 1.82) is 0 Å². The molecule has 0 spiro atoms. The number of nitrogens with zero attached hydrogens (tertiary/aromatic N) is 3. The van der Waals surface area contributed by atoms with Crippen molar-refractivity contribution in [2.24, 2.45) is 11.8 Å². The molecule has 2 saturated carbocycles. The van der Waals surface area contributed by atoms with E-state index in [9.17, 15) is 4.79 Å². The summed E-state index contributed by atoms with van der Waals surface area (Å²) in [6, 6.07) is 2.16. The van der Waals surface area contributed by atoms with E-state index in [-0.39, 0.29) is 11.9 Å². The summed E-state index contributed by atoms with van der Waals surface area (Å²) in [5.74, 6) is 1.72. The summed E-state index contributed by atoms with van der Waals surface area (Å²) in [5.41, 5.74) is 0. The minimum atomic E-state index is -0.190. The Morgan fingerprint density at radius 1 is 1.33 bits per heavy atom. The molecule has 98 valence electrons. The highest BCUT2D eigenvalue weighted by Gasteiger charge is 2.45. The summed E-state index contributed by atoms with van der Waals surface area (Å²) in [7, 11) is 1.98. The molecule has 1 unspecified atom stereocenters. The van der Waals surface area contributed by atoms with Gasteiger partial charge >= 0.3 is 0 Å². The summed E-state index contributed by atoms with van der Waals surface area (Å²) in [6.07, 6.45) is 8.79. The highest BCUT2D eigenvalue weighted by atomic mass is 16.2. The maximum absolute atomic E-state index is 12.5. The summed E-state index contributed by atoms with van der Waals surface area (Å²) in [5, 5.41) is 4.17. The molecule has 2 aliphatic rings. The zero-order valence-electron chi connectivity index (χ0n) is 11.1. The Labute approximate surface area is 108 Å². The largest absolute Gasteiger partial charge is 0.340 e. The molecule has 0 radical (unpaired) electrons. The predicted octanol–water partition coefficient (Wildman–Crippen LogP) is 2.09. The van der Waals surface area contributed by atoms with Gasteiger partial charge in [-0.1, -0.05) is 0 Å². The molecule has 0 saturated heterocycles. The fraction of sp³-hybridized carbons (Fsp3) is 0.714. The summed E-state index contributed by atoms with van der Waals surface area (Å²) in [6.45, 7) is 1.93. The molecule has 1 amide bonds. The fourth-order valence-electron chi connectivity index (χ4n) is 2.96. The second kappa shape index (κ2) is 4.41. The van der Waals surface area contributed by atoms with Gasteiger partial charge in [-0.2, -0.15) is 5.10 Å². The number of likely N-dealkylation sites (N-methyl/N-ethyl adjacent to an activating group) is 1. The van der Waals surface area contributed by atoms with Crippen LogP contribution in [0.5, 0.6) is 0 Å². The van der Waals surface area contributed by atoms with Gasteiger partial charge in [0, 0.05) is 25.5 Å². The third-order valence-corrected chi connectivity index (χ3v) is 4.28. The van der Waals surface area contributed by atoms with Gasteiger partial charge in [0.15, 0.2) is 0 Å². The number of rotatable bonds is 5. The van der Waals surface area contributed by atoms with E-state index in [1.807, 2.05) is 31.1 Å². The third-order valence-electron chi connectivity index (χ3n) is 4.28. The van der Waals surface area contributed by atoms with Crippen LogP contribution < -0.4 is 0 Å². The molecule has 0 N–H and O–H groups in total. The van der Waals surface area contributed by atoms with Crippen LogP contribution in [0.25, 0.3) is 0 Å². The Bertz CT molecular complexity index is 408. The summed E-state index contributed by atoms with van der Waals surface area (Å²) >= 11 is 0. The Morgan fingerprint density at radius 3 is 2.39 bits per heavy atom. The lowest BCUT2D eigenvalue weighted by Crippen LogP contribution is -2.43. The predicted molar refractivity (Wildman–Crippen MR) is 68.9 cm³/mol. The molecule has 2 fully saturated rings. The lowest BCUT2D eigenvalue weighted by atomic mass is 10.1. The molecule has 1 aromatic heterocycles. The van der Waals surface area contributed by atoms with Crippen molar-refractivity contribution < 1.29 is 4.79 Å². The van der Waals surface area contributed by atoms with Gasteiger partial charge in [0.1, 0.15) is 6.04 Å². The highest BCUT2D eigenvalue weighted by molar-refractivity contribution is 5.80. The number of hydrogen-bond donors (Lipinski definition) is 0. The molecule has 1 aromatic rings. The first-order chi connectivity index (χ1) is 8.68. The standard InChI is InChI=1S/C14H21N3O/c1-10(17-9-3-8-15-17)14(18)16(2)13(11-4-5-11)12-6-7-12/h3,8-13H,4-7H2,1-2H3.